The van der Waals surface area contributed by atoms with Crippen LogP contribution in [0, 0.1) is 5.92 Å². The van der Waals surface area contributed by atoms with Crippen LogP contribution in [0.1, 0.15) is 309 Å². The van der Waals surface area contributed by atoms with E-state index in [2.05, 4.69) is 40.4 Å². The zero-order chi connectivity index (χ0) is 75.7. The van der Waals surface area contributed by atoms with Crippen molar-refractivity contribution < 1.29 is 78.0 Å². The largest absolute Gasteiger partial charge is 0.460 e. The number of benzene rings is 1. The average Bonchev–Trinajstić information content (AvgIpc) is 1.15. The molecule has 4 rings (SSSR count). The number of aliphatic hydroxyl groups excluding tert-OH is 5. The standard InChI is InChI=1S/C79H140N8O16S/c1-5-7-9-11-13-15-17-19-20-21-22-23-24-25-26-27-28-29-31-33-35-37-39-47-67(90)102-63(44-38-36-34-32-30-18-16-14-12-10-8-6-2)70(91)62(55-100-76-73(94)72(93)71(92)64(53-88)103-76)87(79(99)101-54-58-48-50-59(80)51-49-58)75(96)60(43-42-52-82-77(81)97)83-74(95)68(57(3)4)85-66(89)46-41-40-45-65-69-61(56-104-65)84-78(98)86-69/h48-51,57,60-65,68-73,76,88,91-94H,5-47,52-56,80H2,1-4H3,(H,83,95)(H,85,89)(H3,81,82,97)(H2,84,86,98)/t60-,61-,62-,63+,64+,65-,68-,69-,70-,71-,72-,73+,76-/m0/s1. The summed E-state index contributed by atoms with van der Waals surface area (Å²) in [5.74, 6) is -2.76. The summed E-state index contributed by atoms with van der Waals surface area (Å²) in [6.45, 7) is 5.64. The molecule has 0 aliphatic carbocycles. The molecule has 0 unspecified atom stereocenters. The van der Waals surface area contributed by atoms with Crippen LogP contribution in [0.2, 0.25) is 0 Å². The van der Waals surface area contributed by atoms with Gasteiger partial charge in [0.2, 0.25) is 11.8 Å². The number of hydrogen-bond donors (Lipinski definition) is 12. The molecule has 14 N–H and O–H groups in total. The molecule has 0 aromatic heterocycles. The van der Waals surface area contributed by atoms with E-state index >= 15 is 9.59 Å². The maximum absolute atomic E-state index is 15.9. The smallest absolute Gasteiger partial charge is 0.417 e. The molecule has 3 aliphatic rings. The second-order valence-electron chi connectivity index (χ2n) is 30.0. The number of rotatable bonds is 61. The highest BCUT2D eigenvalue weighted by molar-refractivity contribution is 8.00. The van der Waals surface area contributed by atoms with Crippen molar-refractivity contribution >= 4 is 59.3 Å². The third-order valence-electron chi connectivity index (χ3n) is 20.7. The summed E-state index contributed by atoms with van der Waals surface area (Å²) in [5.41, 5.74) is 12.3. The first kappa shape index (κ1) is 91.4. The molecule has 1 aromatic rings. The summed E-state index contributed by atoms with van der Waals surface area (Å²) in [7, 11) is 0. The number of esters is 1. The summed E-state index contributed by atoms with van der Waals surface area (Å²) < 4.78 is 24.1. The van der Waals surface area contributed by atoms with Crippen LogP contribution < -0.4 is 38.1 Å². The van der Waals surface area contributed by atoms with Gasteiger partial charge in [-0.2, -0.15) is 11.8 Å². The number of primary amides is 1. The lowest BCUT2D eigenvalue weighted by Crippen LogP contribution is -2.63. The van der Waals surface area contributed by atoms with E-state index in [1.54, 1.807) is 49.9 Å². The fourth-order valence-electron chi connectivity index (χ4n) is 14.2. The van der Waals surface area contributed by atoms with E-state index in [1.807, 2.05) is 0 Å². The zero-order valence-corrected chi connectivity index (χ0v) is 64.9. The summed E-state index contributed by atoms with van der Waals surface area (Å²) in [6.07, 6.45) is 28.7. The molecule has 8 amide bonds. The molecule has 0 radical (unpaired) electrons. The number of amides is 8. The minimum atomic E-state index is -1.98. The predicted octanol–water partition coefficient (Wildman–Crippen LogP) is 12.5. The van der Waals surface area contributed by atoms with Crippen molar-refractivity contribution in [2.45, 2.75) is 389 Å². The Labute approximate surface area is 627 Å². The number of fused-ring (bicyclic) bond motifs is 1. The number of unbranched alkanes of at least 4 members (excludes halogenated alkanes) is 34. The number of nitrogens with one attached hydrogen (secondary N) is 5. The quantitative estimate of drug-likeness (QED) is 0.0125. The lowest BCUT2D eigenvalue weighted by atomic mass is 9.96. The summed E-state index contributed by atoms with van der Waals surface area (Å²) in [6, 6.07) is 0.581. The Kier molecular flexibility index (Phi) is 48.7. The molecule has 598 valence electrons. The van der Waals surface area contributed by atoms with Gasteiger partial charge in [-0.25, -0.2) is 19.3 Å². The first-order valence-corrected chi connectivity index (χ1v) is 41.8. The number of ether oxygens (including phenoxy) is 4. The lowest BCUT2D eigenvalue weighted by Gasteiger charge is -2.41. The Morgan fingerprint density at radius 3 is 1.66 bits per heavy atom. The van der Waals surface area contributed by atoms with Gasteiger partial charge in [0.25, 0.3) is 5.91 Å². The summed E-state index contributed by atoms with van der Waals surface area (Å²) >= 11 is 1.77. The van der Waals surface area contributed by atoms with E-state index in [4.69, 9.17) is 30.4 Å². The molecule has 0 saturated carbocycles. The Bertz CT molecular complexity index is 2510. The maximum Gasteiger partial charge on any atom is 0.417 e. The molecule has 3 aliphatic heterocycles. The second kappa shape index (κ2) is 55.4. The minimum absolute atomic E-state index is 0.00306. The predicted molar refractivity (Wildman–Crippen MR) is 409 cm³/mol. The molecule has 25 heteroatoms. The number of anilines is 1. The van der Waals surface area contributed by atoms with Crippen LogP contribution in [0.4, 0.5) is 20.1 Å². The number of carbonyl (C=O) groups excluding carboxylic acids is 7. The van der Waals surface area contributed by atoms with Crippen LogP contribution in [0.25, 0.3) is 0 Å². The number of aliphatic hydroxyl groups is 5. The molecule has 24 nitrogen and oxygen atoms in total. The van der Waals surface area contributed by atoms with Gasteiger partial charge in [-0.1, -0.05) is 258 Å². The number of nitrogen functional groups attached to an aromatic ring is 1. The first-order chi connectivity index (χ1) is 50.3. The second-order valence-corrected chi connectivity index (χ2v) is 31.3. The van der Waals surface area contributed by atoms with Gasteiger partial charge in [0.15, 0.2) is 6.29 Å². The number of nitrogens with two attached hydrogens (primary N) is 2. The van der Waals surface area contributed by atoms with Crippen LogP contribution >= 0.6 is 11.8 Å². The molecular weight excluding hydrogens is 1350 g/mol. The number of thioether (sulfide) groups is 1. The Balaban J connectivity index is 1.56. The van der Waals surface area contributed by atoms with Crippen molar-refractivity contribution in [3.05, 3.63) is 29.8 Å². The van der Waals surface area contributed by atoms with Crippen molar-refractivity contribution in [3.8, 4) is 0 Å². The number of carbonyl (C=O) groups is 7. The molecule has 3 heterocycles. The Hall–Kier alpha value is -5.02. The van der Waals surface area contributed by atoms with Crippen LogP contribution in [0.3, 0.4) is 0 Å². The lowest BCUT2D eigenvalue weighted by molar-refractivity contribution is -0.304. The zero-order valence-electron chi connectivity index (χ0n) is 64.1. The van der Waals surface area contributed by atoms with E-state index in [-0.39, 0.29) is 62.0 Å². The molecule has 3 fully saturated rings. The third kappa shape index (κ3) is 37.2. The van der Waals surface area contributed by atoms with Gasteiger partial charge in [-0.3, -0.25) is 19.2 Å². The van der Waals surface area contributed by atoms with Crippen LogP contribution in [0.5, 0.6) is 0 Å². The highest BCUT2D eigenvalue weighted by atomic mass is 32.2. The fraction of sp³-hybridized carbons (Fsp3) is 0.835. The maximum atomic E-state index is 15.9. The normalized spacial score (nSPS) is 20.7. The Morgan fingerprint density at radius 1 is 0.644 bits per heavy atom. The average molecular weight is 1490 g/mol. The monoisotopic (exact) mass is 1490 g/mol. The molecular formula is C79H140N8O16S. The SMILES string of the molecule is CCCCCCCCCCCCCCCCCCCCCCCCCC(=O)O[C@H](CCCCCCCCCCCCCC)[C@@H](O)[C@H](CO[C@H]1O[C@H](CO)[C@H](O)[C@H](O)[C@H]1O)N(C(=O)OCc1ccc(N)cc1)C(=O)[C@H](CCCNC(N)=O)NC(=O)[C@@H](NC(=O)CCCC[C@@H]1SC[C@@H]2NC(=O)N[C@@H]21)C(C)C. The summed E-state index contributed by atoms with van der Waals surface area (Å²) in [4.78, 5) is 98.3. The van der Waals surface area contributed by atoms with Gasteiger partial charge in [-0.15, -0.1) is 0 Å². The molecule has 13 atom stereocenters. The van der Waals surface area contributed by atoms with Gasteiger partial charge in [0.05, 0.1) is 31.3 Å². The minimum Gasteiger partial charge on any atom is -0.460 e. The van der Waals surface area contributed by atoms with Gasteiger partial charge in [0, 0.05) is 36.1 Å². The van der Waals surface area contributed by atoms with Crippen molar-refractivity contribution in [2.24, 2.45) is 11.7 Å². The summed E-state index contributed by atoms with van der Waals surface area (Å²) in [5, 5.41) is 70.4. The topological polar surface area (TPSA) is 373 Å². The molecule has 0 bridgehead atoms. The third-order valence-corrected chi connectivity index (χ3v) is 22.2. The van der Waals surface area contributed by atoms with Crippen molar-refractivity contribution in [2.75, 3.05) is 31.2 Å². The van der Waals surface area contributed by atoms with Crippen molar-refractivity contribution in [3.63, 3.8) is 0 Å². The fourth-order valence-corrected chi connectivity index (χ4v) is 15.8. The number of nitrogens with zero attached hydrogens (tertiary/aromatic N) is 1. The molecule has 0 spiro atoms. The first-order valence-electron chi connectivity index (χ1n) is 40.7. The van der Waals surface area contributed by atoms with Crippen LogP contribution in [0.15, 0.2) is 24.3 Å². The highest BCUT2D eigenvalue weighted by Crippen LogP contribution is 2.34. The van der Waals surface area contributed by atoms with Gasteiger partial charge in [0.1, 0.15) is 55.3 Å². The van der Waals surface area contributed by atoms with Gasteiger partial charge >= 0.3 is 24.1 Å². The molecule has 3 saturated heterocycles. The van der Waals surface area contributed by atoms with E-state index in [0.29, 0.717) is 48.3 Å². The van der Waals surface area contributed by atoms with E-state index in [0.717, 1.165) is 76.4 Å². The van der Waals surface area contributed by atoms with Crippen molar-refractivity contribution in [1.82, 2.24) is 31.5 Å². The van der Waals surface area contributed by atoms with Gasteiger partial charge in [-0.05, 0) is 68.6 Å². The Morgan fingerprint density at radius 2 is 1.15 bits per heavy atom. The van der Waals surface area contributed by atoms with Crippen LogP contribution in [-0.2, 0) is 44.7 Å². The number of imide groups is 1. The van der Waals surface area contributed by atoms with E-state index in [1.165, 1.54) is 141 Å². The van der Waals surface area contributed by atoms with Gasteiger partial charge < -0.3 is 82.5 Å². The number of hydrogen-bond acceptors (Lipinski definition) is 18. The van der Waals surface area contributed by atoms with Crippen molar-refractivity contribution in [1.29, 1.82) is 0 Å². The van der Waals surface area contributed by atoms with Crippen LogP contribution in [-0.4, -0.2) is 176 Å². The number of urea groups is 2. The van der Waals surface area contributed by atoms with E-state index < -0.39 is 123 Å². The van der Waals surface area contributed by atoms with E-state index in [9.17, 15) is 49.5 Å². The molecule has 104 heavy (non-hydrogen) atoms. The molecule has 1 aromatic carbocycles. The highest BCUT2D eigenvalue weighted by Gasteiger charge is 2.48.